The number of nitrogens with one attached hydrogen (secondary N) is 1. The average Bonchev–Trinajstić information content (AvgIpc) is 2.66. The van der Waals surface area contributed by atoms with E-state index in [4.69, 9.17) is 4.74 Å². The molecule has 0 aliphatic carbocycles. The number of rotatable bonds is 8. The molecule has 0 aliphatic heterocycles. The lowest BCUT2D eigenvalue weighted by Crippen LogP contribution is -2.32. The van der Waals surface area contributed by atoms with Gasteiger partial charge < -0.3 is 10.1 Å². The summed E-state index contributed by atoms with van der Waals surface area (Å²) in [7, 11) is -1.94. The maximum Gasteiger partial charge on any atom is 0.274 e. The summed E-state index contributed by atoms with van der Waals surface area (Å²) in [4.78, 5) is 23.1. The number of nitro groups is 1. The number of hydrogen-bond donors (Lipinski definition) is 1. The minimum absolute atomic E-state index is 0.0812. The predicted molar refractivity (Wildman–Crippen MR) is 111 cm³/mol. The number of nitro benzene ring substituents is 1. The van der Waals surface area contributed by atoms with Crippen molar-refractivity contribution >= 4 is 33.0 Å². The van der Waals surface area contributed by atoms with Gasteiger partial charge in [0.15, 0.2) is 6.10 Å². The van der Waals surface area contributed by atoms with E-state index in [0.717, 1.165) is 10.6 Å². The summed E-state index contributed by atoms with van der Waals surface area (Å²) < 4.78 is 30.0. The van der Waals surface area contributed by atoms with E-state index in [1.807, 2.05) is 0 Å². The van der Waals surface area contributed by atoms with Crippen molar-refractivity contribution in [1.82, 2.24) is 0 Å². The Balaban J connectivity index is 2.13. The molecule has 2 aromatic rings. The van der Waals surface area contributed by atoms with E-state index < -0.39 is 27.0 Å². The highest BCUT2D eigenvalue weighted by molar-refractivity contribution is 7.92. The third-order valence-electron chi connectivity index (χ3n) is 4.40. The van der Waals surface area contributed by atoms with E-state index in [9.17, 15) is 23.3 Å². The Morgan fingerprint density at radius 3 is 2.38 bits per heavy atom. The molecule has 0 saturated carbocycles. The number of carbonyl (C=O) groups excluding carboxylic acids is 1. The minimum atomic E-state index is -3.38. The quantitative estimate of drug-likeness (QED) is 0.517. The molecule has 1 atom stereocenters. The minimum Gasteiger partial charge on any atom is -0.481 e. The summed E-state index contributed by atoms with van der Waals surface area (Å²) in [5.74, 6) is -0.0400. The monoisotopic (exact) mass is 421 g/mol. The highest BCUT2D eigenvalue weighted by atomic mass is 32.2. The molecule has 0 aliphatic rings. The van der Waals surface area contributed by atoms with Gasteiger partial charge in [0.1, 0.15) is 5.75 Å². The molecule has 156 valence electrons. The lowest BCUT2D eigenvalue weighted by atomic mass is 10.1. The summed E-state index contributed by atoms with van der Waals surface area (Å²) in [6, 6.07) is 10.8. The third kappa shape index (κ3) is 5.44. The second kappa shape index (κ2) is 8.91. The molecule has 0 bridgehead atoms. The number of anilines is 2. The van der Waals surface area contributed by atoms with Crippen molar-refractivity contribution in [1.29, 1.82) is 0 Å². The topological polar surface area (TPSA) is 119 Å². The average molecular weight is 421 g/mol. The van der Waals surface area contributed by atoms with Crippen LogP contribution in [0.3, 0.4) is 0 Å². The van der Waals surface area contributed by atoms with Crippen LogP contribution in [0.4, 0.5) is 17.1 Å². The number of carbonyl (C=O) groups is 1. The van der Waals surface area contributed by atoms with Crippen LogP contribution in [-0.2, 0) is 14.8 Å². The molecule has 0 radical (unpaired) electrons. The van der Waals surface area contributed by atoms with Gasteiger partial charge in [0, 0.05) is 13.1 Å². The maximum atomic E-state index is 12.6. The second-order valence-corrected chi connectivity index (χ2v) is 8.45. The van der Waals surface area contributed by atoms with Crippen molar-refractivity contribution in [3.05, 3.63) is 58.1 Å². The standard InChI is InChI=1S/C19H23N3O6S/c1-5-18(19(23)20-16-7-6-8-17(13(16)2)22(24)25)28-15-11-9-14(10-12-15)21(3)29(4,26)27/h6-12,18H,5H2,1-4H3,(H,20,23). The number of sulfonamides is 1. The molecule has 0 spiro atoms. The van der Waals surface area contributed by atoms with Gasteiger partial charge in [-0.15, -0.1) is 0 Å². The van der Waals surface area contributed by atoms with Crippen molar-refractivity contribution < 1.29 is 22.9 Å². The van der Waals surface area contributed by atoms with E-state index in [0.29, 0.717) is 29.1 Å². The summed E-state index contributed by atoms with van der Waals surface area (Å²) in [5.41, 5.74) is 1.08. The molecule has 9 nitrogen and oxygen atoms in total. The Kier molecular flexibility index (Phi) is 6.80. The number of nitrogens with zero attached hydrogens (tertiary/aromatic N) is 2. The Bertz CT molecular complexity index is 1010. The van der Waals surface area contributed by atoms with Crippen molar-refractivity contribution in [3.8, 4) is 5.75 Å². The van der Waals surface area contributed by atoms with E-state index in [1.165, 1.54) is 19.2 Å². The van der Waals surface area contributed by atoms with Crippen LogP contribution in [0.2, 0.25) is 0 Å². The fourth-order valence-electron chi connectivity index (χ4n) is 2.58. The molecule has 1 amide bonds. The summed E-state index contributed by atoms with van der Waals surface area (Å²) in [6.45, 7) is 3.34. The Morgan fingerprint density at radius 1 is 1.24 bits per heavy atom. The fraction of sp³-hybridized carbons (Fsp3) is 0.316. The van der Waals surface area contributed by atoms with Crippen LogP contribution in [0, 0.1) is 17.0 Å². The first kappa shape index (κ1) is 22.2. The molecule has 2 rings (SSSR count). The molecule has 1 unspecified atom stereocenters. The molecule has 0 fully saturated rings. The number of amides is 1. The number of hydrogen-bond acceptors (Lipinski definition) is 6. The highest BCUT2D eigenvalue weighted by Gasteiger charge is 2.21. The van der Waals surface area contributed by atoms with Crippen LogP contribution in [0.1, 0.15) is 18.9 Å². The first-order valence-electron chi connectivity index (χ1n) is 8.80. The largest absolute Gasteiger partial charge is 0.481 e. The van der Waals surface area contributed by atoms with Crippen LogP contribution < -0.4 is 14.4 Å². The van der Waals surface area contributed by atoms with Gasteiger partial charge in [-0.1, -0.05) is 13.0 Å². The van der Waals surface area contributed by atoms with Crippen LogP contribution >= 0.6 is 0 Å². The number of ether oxygens (including phenoxy) is 1. The van der Waals surface area contributed by atoms with Crippen molar-refractivity contribution in [3.63, 3.8) is 0 Å². The molecule has 2 aromatic carbocycles. The molecular formula is C19H23N3O6S. The number of benzene rings is 2. The molecule has 29 heavy (non-hydrogen) atoms. The predicted octanol–water partition coefficient (Wildman–Crippen LogP) is 3.10. The molecule has 10 heteroatoms. The van der Waals surface area contributed by atoms with Crippen LogP contribution in [-0.4, -0.2) is 38.7 Å². The van der Waals surface area contributed by atoms with Crippen molar-refractivity contribution in [2.45, 2.75) is 26.4 Å². The van der Waals surface area contributed by atoms with Gasteiger partial charge in [-0.05, 0) is 43.7 Å². The molecule has 0 heterocycles. The molecular weight excluding hydrogens is 398 g/mol. The van der Waals surface area contributed by atoms with Gasteiger partial charge in [-0.3, -0.25) is 19.2 Å². The van der Waals surface area contributed by atoms with Gasteiger partial charge in [0.25, 0.3) is 11.6 Å². The SMILES string of the molecule is CCC(Oc1ccc(N(C)S(C)(=O)=O)cc1)C(=O)Nc1cccc([N+](=O)[O-])c1C. The zero-order valence-corrected chi connectivity index (χ0v) is 17.4. The van der Waals surface area contributed by atoms with Gasteiger partial charge in [0.2, 0.25) is 10.0 Å². The zero-order chi connectivity index (χ0) is 21.8. The van der Waals surface area contributed by atoms with Gasteiger partial charge >= 0.3 is 0 Å². The first-order valence-corrected chi connectivity index (χ1v) is 10.6. The smallest absolute Gasteiger partial charge is 0.274 e. The van der Waals surface area contributed by atoms with E-state index >= 15 is 0 Å². The summed E-state index contributed by atoms with van der Waals surface area (Å²) >= 11 is 0. The van der Waals surface area contributed by atoms with E-state index in [2.05, 4.69) is 5.32 Å². The Labute approximate surface area is 169 Å². The van der Waals surface area contributed by atoms with E-state index in [1.54, 1.807) is 44.2 Å². The van der Waals surface area contributed by atoms with Crippen molar-refractivity contribution in [2.24, 2.45) is 0 Å². The van der Waals surface area contributed by atoms with E-state index in [-0.39, 0.29) is 5.69 Å². The third-order valence-corrected chi connectivity index (χ3v) is 5.60. The first-order chi connectivity index (χ1) is 13.5. The molecule has 1 N–H and O–H groups in total. The second-order valence-electron chi connectivity index (χ2n) is 6.44. The van der Waals surface area contributed by atoms with Gasteiger partial charge in [-0.25, -0.2) is 8.42 Å². The van der Waals surface area contributed by atoms with Crippen LogP contribution in [0.25, 0.3) is 0 Å². The summed E-state index contributed by atoms with van der Waals surface area (Å²) in [6.07, 6.45) is 0.641. The summed E-state index contributed by atoms with van der Waals surface area (Å²) in [5, 5.41) is 13.7. The van der Waals surface area contributed by atoms with Crippen LogP contribution in [0.15, 0.2) is 42.5 Å². The fourth-order valence-corrected chi connectivity index (χ4v) is 3.09. The Morgan fingerprint density at radius 2 is 1.86 bits per heavy atom. The van der Waals surface area contributed by atoms with Gasteiger partial charge in [-0.2, -0.15) is 0 Å². The highest BCUT2D eigenvalue weighted by Crippen LogP contribution is 2.26. The molecule has 0 saturated heterocycles. The van der Waals surface area contributed by atoms with Crippen molar-refractivity contribution in [2.75, 3.05) is 22.9 Å². The van der Waals surface area contributed by atoms with Gasteiger partial charge in [0.05, 0.1) is 28.1 Å². The maximum absolute atomic E-state index is 12.6. The van der Waals surface area contributed by atoms with Crippen LogP contribution in [0.5, 0.6) is 5.75 Å². The zero-order valence-electron chi connectivity index (χ0n) is 16.6. The lowest BCUT2D eigenvalue weighted by molar-refractivity contribution is -0.385. The lowest BCUT2D eigenvalue weighted by Gasteiger charge is -2.20. The normalized spacial score (nSPS) is 12.1. The molecule has 0 aromatic heterocycles. The Hall–Kier alpha value is -3.14.